The van der Waals surface area contributed by atoms with E-state index in [4.69, 9.17) is 0 Å². The smallest absolute Gasteiger partial charge is 0.223 e. The summed E-state index contributed by atoms with van der Waals surface area (Å²) in [6, 6.07) is 6.08. The molecule has 3 heteroatoms. The maximum absolute atomic E-state index is 11.4. The summed E-state index contributed by atoms with van der Waals surface area (Å²) < 4.78 is 1.08. The lowest BCUT2D eigenvalue weighted by Crippen LogP contribution is -2.26. The topological polar surface area (TPSA) is 20.3 Å². The summed E-state index contributed by atoms with van der Waals surface area (Å²) in [4.78, 5) is 13.2. The molecular formula is C11H12BrNO. The molecule has 1 heterocycles. The number of amides is 1. The maximum atomic E-state index is 11.4. The second-order valence-electron chi connectivity index (χ2n) is 3.73. The Morgan fingerprint density at radius 1 is 1.57 bits per heavy atom. The highest BCUT2D eigenvalue weighted by molar-refractivity contribution is 9.10. The molecule has 1 amide bonds. The lowest BCUT2D eigenvalue weighted by molar-refractivity contribution is -0.116. The molecule has 1 aliphatic rings. The summed E-state index contributed by atoms with van der Waals surface area (Å²) in [7, 11) is 0. The van der Waals surface area contributed by atoms with Crippen LogP contribution in [0.4, 0.5) is 5.69 Å². The fourth-order valence-corrected chi connectivity index (χ4v) is 2.31. The Bertz CT molecular complexity index is 389. The number of nitrogens with zero attached hydrogens (tertiary/aromatic N) is 1. The molecule has 74 valence electrons. The first-order chi connectivity index (χ1) is 6.59. The van der Waals surface area contributed by atoms with Crippen molar-refractivity contribution in [3.63, 3.8) is 0 Å². The summed E-state index contributed by atoms with van der Waals surface area (Å²) in [5.41, 5.74) is 2.32. The molecule has 1 aliphatic heterocycles. The minimum atomic E-state index is 0.123. The third-order valence-electron chi connectivity index (χ3n) is 2.65. The van der Waals surface area contributed by atoms with Gasteiger partial charge >= 0.3 is 0 Å². The molecule has 1 aromatic carbocycles. The van der Waals surface area contributed by atoms with E-state index in [2.05, 4.69) is 28.9 Å². The van der Waals surface area contributed by atoms with Crippen LogP contribution in [0.15, 0.2) is 22.7 Å². The van der Waals surface area contributed by atoms with Gasteiger partial charge in [-0.05, 0) is 23.8 Å². The minimum absolute atomic E-state index is 0.123. The van der Waals surface area contributed by atoms with E-state index in [1.165, 1.54) is 5.56 Å². The molecule has 0 aromatic heterocycles. The van der Waals surface area contributed by atoms with Crippen molar-refractivity contribution in [3.8, 4) is 0 Å². The van der Waals surface area contributed by atoms with Crippen LogP contribution in [0.2, 0.25) is 0 Å². The Hall–Kier alpha value is -0.830. The van der Waals surface area contributed by atoms with Crippen LogP contribution in [0.5, 0.6) is 0 Å². The van der Waals surface area contributed by atoms with Crippen molar-refractivity contribution in [1.29, 1.82) is 0 Å². The number of fused-ring (bicyclic) bond motifs is 1. The lowest BCUT2D eigenvalue weighted by Gasteiger charge is -2.14. The third kappa shape index (κ3) is 1.46. The summed E-state index contributed by atoms with van der Waals surface area (Å²) >= 11 is 3.45. The van der Waals surface area contributed by atoms with Gasteiger partial charge in [-0.25, -0.2) is 0 Å². The average Bonchev–Trinajstić information content (AvgIpc) is 2.44. The van der Waals surface area contributed by atoms with Crippen molar-refractivity contribution in [2.24, 2.45) is 0 Å². The first kappa shape index (κ1) is 9.71. The summed E-state index contributed by atoms with van der Waals surface area (Å²) in [5.74, 6) is 0.560. The molecule has 0 radical (unpaired) electrons. The van der Waals surface area contributed by atoms with Crippen LogP contribution in [-0.4, -0.2) is 12.5 Å². The fourth-order valence-electron chi connectivity index (χ4n) is 1.93. The Morgan fingerprint density at radius 2 is 2.29 bits per heavy atom. The molecule has 0 saturated carbocycles. The molecule has 0 saturated heterocycles. The normalized spacial score (nSPS) is 19.6. The van der Waals surface area contributed by atoms with E-state index >= 15 is 0 Å². The number of rotatable bonds is 0. The molecule has 0 N–H and O–H groups in total. The van der Waals surface area contributed by atoms with Crippen LogP contribution < -0.4 is 4.90 Å². The number of carbonyl (C=O) groups is 1. The molecule has 2 nitrogen and oxygen atoms in total. The first-order valence-electron chi connectivity index (χ1n) is 4.67. The van der Waals surface area contributed by atoms with E-state index < -0.39 is 0 Å². The van der Waals surface area contributed by atoms with Gasteiger partial charge < -0.3 is 4.90 Å². The Kier molecular flexibility index (Phi) is 2.35. The number of carbonyl (C=O) groups excluding carboxylic acids is 1. The van der Waals surface area contributed by atoms with Crippen LogP contribution in [0, 0.1) is 0 Å². The van der Waals surface area contributed by atoms with E-state index in [9.17, 15) is 4.79 Å². The van der Waals surface area contributed by atoms with E-state index in [0.717, 1.165) is 16.7 Å². The number of benzene rings is 1. The van der Waals surface area contributed by atoms with Crippen molar-refractivity contribution >= 4 is 27.5 Å². The summed E-state index contributed by atoms with van der Waals surface area (Å²) in [6.07, 6.45) is 0. The monoisotopic (exact) mass is 253 g/mol. The standard InChI is InChI=1S/C11H12BrNO/c1-7-6-13(8(2)14)11-4-3-9(12)5-10(7)11/h3-5,7H,6H2,1-2H3. The number of anilines is 1. The maximum Gasteiger partial charge on any atom is 0.223 e. The highest BCUT2D eigenvalue weighted by Crippen LogP contribution is 2.37. The molecular weight excluding hydrogens is 242 g/mol. The molecule has 1 unspecified atom stereocenters. The molecule has 1 atom stereocenters. The lowest BCUT2D eigenvalue weighted by atomic mass is 10.0. The molecule has 14 heavy (non-hydrogen) atoms. The zero-order chi connectivity index (χ0) is 10.3. The van der Waals surface area contributed by atoms with Crippen LogP contribution in [0.25, 0.3) is 0 Å². The van der Waals surface area contributed by atoms with E-state index in [1.807, 2.05) is 17.0 Å². The largest absolute Gasteiger partial charge is 0.312 e. The van der Waals surface area contributed by atoms with Gasteiger partial charge in [0.2, 0.25) is 5.91 Å². The third-order valence-corrected chi connectivity index (χ3v) is 3.14. The highest BCUT2D eigenvalue weighted by Gasteiger charge is 2.27. The van der Waals surface area contributed by atoms with Gasteiger partial charge in [-0.3, -0.25) is 4.79 Å². The molecule has 0 bridgehead atoms. The van der Waals surface area contributed by atoms with Crippen LogP contribution in [-0.2, 0) is 4.79 Å². The van der Waals surface area contributed by atoms with Gasteiger partial charge in [0.1, 0.15) is 0 Å². The van der Waals surface area contributed by atoms with Gasteiger partial charge in [-0.15, -0.1) is 0 Å². The van der Waals surface area contributed by atoms with Crippen LogP contribution >= 0.6 is 15.9 Å². The van der Waals surface area contributed by atoms with E-state index in [1.54, 1.807) is 6.92 Å². The van der Waals surface area contributed by atoms with Crippen LogP contribution in [0.3, 0.4) is 0 Å². The van der Waals surface area contributed by atoms with Crippen molar-refractivity contribution in [2.75, 3.05) is 11.4 Å². The predicted octanol–water partition coefficient (Wildman–Crippen LogP) is 2.92. The molecule has 0 fully saturated rings. The zero-order valence-electron chi connectivity index (χ0n) is 8.25. The van der Waals surface area contributed by atoms with Gasteiger partial charge in [0.05, 0.1) is 0 Å². The number of hydrogen-bond acceptors (Lipinski definition) is 1. The Morgan fingerprint density at radius 3 is 2.93 bits per heavy atom. The molecule has 0 spiro atoms. The molecule has 1 aromatic rings. The fraction of sp³-hybridized carbons (Fsp3) is 0.364. The minimum Gasteiger partial charge on any atom is -0.312 e. The van der Waals surface area contributed by atoms with Gasteiger partial charge in [-0.1, -0.05) is 22.9 Å². The quantitative estimate of drug-likeness (QED) is 0.697. The summed E-state index contributed by atoms with van der Waals surface area (Å²) in [5, 5.41) is 0. The first-order valence-corrected chi connectivity index (χ1v) is 5.46. The molecule has 0 aliphatic carbocycles. The van der Waals surface area contributed by atoms with Crippen LogP contribution in [0.1, 0.15) is 25.3 Å². The summed E-state index contributed by atoms with van der Waals surface area (Å²) in [6.45, 7) is 4.57. The molecule has 2 rings (SSSR count). The van der Waals surface area contributed by atoms with E-state index in [-0.39, 0.29) is 5.91 Å². The number of halogens is 1. The van der Waals surface area contributed by atoms with Crippen molar-refractivity contribution in [2.45, 2.75) is 19.8 Å². The predicted molar refractivity (Wildman–Crippen MR) is 60.6 cm³/mol. The van der Waals surface area contributed by atoms with Crippen molar-refractivity contribution < 1.29 is 4.79 Å². The Labute approximate surface area is 92.0 Å². The second kappa shape index (κ2) is 3.39. The van der Waals surface area contributed by atoms with Gasteiger partial charge in [0.25, 0.3) is 0 Å². The van der Waals surface area contributed by atoms with Gasteiger partial charge in [0, 0.05) is 29.5 Å². The van der Waals surface area contributed by atoms with Gasteiger partial charge in [-0.2, -0.15) is 0 Å². The zero-order valence-corrected chi connectivity index (χ0v) is 9.84. The Balaban J connectivity index is 2.49. The van der Waals surface area contributed by atoms with E-state index in [0.29, 0.717) is 5.92 Å². The van der Waals surface area contributed by atoms with Crippen molar-refractivity contribution in [3.05, 3.63) is 28.2 Å². The van der Waals surface area contributed by atoms with Crippen molar-refractivity contribution in [1.82, 2.24) is 0 Å². The SMILES string of the molecule is CC(=O)N1CC(C)c2cc(Br)ccc21. The van der Waals surface area contributed by atoms with Gasteiger partial charge in [0.15, 0.2) is 0 Å². The highest BCUT2D eigenvalue weighted by atomic mass is 79.9. The second-order valence-corrected chi connectivity index (χ2v) is 4.65. The average molecular weight is 254 g/mol. The number of hydrogen-bond donors (Lipinski definition) is 0.